The van der Waals surface area contributed by atoms with E-state index in [9.17, 15) is 13.2 Å². The Labute approximate surface area is 139 Å². The number of rotatable bonds is 4. The lowest BCUT2D eigenvalue weighted by molar-refractivity contribution is 0.100. The summed E-state index contributed by atoms with van der Waals surface area (Å²) >= 11 is 10.5. The van der Waals surface area contributed by atoms with Crippen LogP contribution in [0.1, 0.15) is 15.2 Å². The van der Waals surface area contributed by atoms with Crippen LogP contribution in [-0.4, -0.2) is 14.3 Å². The second-order valence-corrected chi connectivity index (χ2v) is 8.83. The largest absolute Gasteiger partial charge is 0.366 e. The number of nitrogens with two attached hydrogens (primary N) is 1. The minimum absolute atomic E-state index is 0.0888. The van der Waals surface area contributed by atoms with Crippen LogP contribution in [0.3, 0.4) is 0 Å². The fourth-order valence-electron chi connectivity index (χ4n) is 1.69. The zero-order valence-corrected chi connectivity index (χ0v) is 14.7. The van der Waals surface area contributed by atoms with E-state index in [0.717, 1.165) is 3.79 Å². The zero-order chi connectivity index (χ0) is 15.8. The van der Waals surface area contributed by atoms with Gasteiger partial charge in [-0.25, -0.2) is 8.42 Å². The summed E-state index contributed by atoms with van der Waals surface area (Å²) in [6, 6.07) is 5.68. The average Bonchev–Trinajstić information content (AvgIpc) is 2.68. The van der Waals surface area contributed by atoms with Gasteiger partial charge in [0.15, 0.2) is 0 Å². The summed E-state index contributed by atoms with van der Waals surface area (Å²) in [6.45, 7) is 1.72. The van der Waals surface area contributed by atoms with Gasteiger partial charge in [-0.3, -0.25) is 9.52 Å². The molecular weight excluding hydrogens is 400 g/mol. The van der Waals surface area contributed by atoms with Crippen molar-refractivity contribution in [2.24, 2.45) is 5.73 Å². The minimum atomic E-state index is -3.72. The standard InChI is InChI=1S/C12H10BrClN2O3S2/c1-6-10(5-11(13)20-6)21(18,19)16-7-2-3-8(12(15)17)9(14)4-7/h2-5,16H,1H3,(H2,15,17). The molecule has 5 nitrogen and oxygen atoms in total. The Morgan fingerprint density at radius 2 is 2.05 bits per heavy atom. The lowest BCUT2D eigenvalue weighted by Crippen LogP contribution is -2.14. The number of carbonyl (C=O) groups excluding carboxylic acids is 1. The number of thiophene rings is 1. The molecular formula is C12H10BrClN2O3S2. The predicted molar refractivity (Wildman–Crippen MR) is 87.5 cm³/mol. The molecule has 1 amide bonds. The summed E-state index contributed by atoms with van der Waals surface area (Å²) in [5, 5.41) is 0.0888. The van der Waals surface area contributed by atoms with Gasteiger partial charge in [0.05, 0.1) is 20.1 Å². The Hall–Kier alpha value is -1.09. The number of sulfonamides is 1. The Morgan fingerprint density at radius 3 is 2.52 bits per heavy atom. The number of primary amides is 1. The maximum Gasteiger partial charge on any atom is 0.263 e. The summed E-state index contributed by atoms with van der Waals surface area (Å²) in [7, 11) is -3.72. The van der Waals surface area contributed by atoms with Gasteiger partial charge in [-0.15, -0.1) is 11.3 Å². The van der Waals surface area contributed by atoms with Crippen molar-refractivity contribution in [1.82, 2.24) is 0 Å². The smallest absolute Gasteiger partial charge is 0.263 e. The van der Waals surface area contributed by atoms with E-state index in [-0.39, 0.29) is 21.2 Å². The first-order valence-corrected chi connectivity index (χ1v) is 9.06. The van der Waals surface area contributed by atoms with Crippen LogP contribution in [0.15, 0.2) is 32.9 Å². The molecule has 0 fully saturated rings. The molecule has 2 aromatic rings. The van der Waals surface area contributed by atoms with Gasteiger partial charge < -0.3 is 5.73 Å². The molecule has 0 bridgehead atoms. The number of hydrogen-bond acceptors (Lipinski definition) is 4. The first-order chi connectivity index (χ1) is 9.70. The van der Waals surface area contributed by atoms with Crippen molar-refractivity contribution in [3.63, 3.8) is 0 Å². The Morgan fingerprint density at radius 1 is 1.38 bits per heavy atom. The number of amides is 1. The molecule has 1 aromatic heterocycles. The molecule has 9 heteroatoms. The summed E-state index contributed by atoms with van der Waals surface area (Å²) in [5.74, 6) is -0.674. The van der Waals surface area contributed by atoms with Crippen molar-refractivity contribution in [1.29, 1.82) is 0 Å². The van der Waals surface area contributed by atoms with E-state index in [1.807, 2.05) is 0 Å². The molecule has 1 aromatic carbocycles. The van der Waals surface area contributed by atoms with Gasteiger partial charge in [0, 0.05) is 4.88 Å². The third-order valence-electron chi connectivity index (χ3n) is 2.62. The van der Waals surface area contributed by atoms with Gasteiger partial charge in [0.1, 0.15) is 4.90 Å². The van der Waals surface area contributed by atoms with Gasteiger partial charge in [0.25, 0.3) is 10.0 Å². The van der Waals surface area contributed by atoms with Gasteiger partial charge >= 0.3 is 0 Å². The van der Waals surface area contributed by atoms with Crippen molar-refractivity contribution in [2.75, 3.05) is 4.72 Å². The molecule has 0 aliphatic heterocycles. The number of benzene rings is 1. The number of carbonyl (C=O) groups is 1. The number of nitrogens with one attached hydrogen (secondary N) is 1. The van der Waals surface area contributed by atoms with Crippen LogP contribution in [-0.2, 0) is 10.0 Å². The Kier molecular flexibility index (Phi) is 4.62. The van der Waals surface area contributed by atoms with E-state index >= 15 is 0 Å². The lowest BCUT2D eigenvalue weighted by Gasteiger charge is -2.09. The SMILES string of the molecule is Cc1sc(Br)cc1S(=O)(=O)Nc1ccc(C(N)=O)c(Cl)c1. The molecule has 0 unspecified atom stereocenters. The highest BCUT2D eigenvalue weighted by atomic mass is 79.9. The van der Waals surface area contributed by atoms with Gasteiger partial charge in [-0.05, 0) is 47.1 Å². The average molecular weight is 410 g/mol. The van der Waals surface area contributed by atoms with E-state index < -0.39 is 15.9 Å². The Bertz CT molecular complexity index is 818. The van der Waals surface area contributed by atoms with Crippen LogP contribution >= 0.6 is 38.9 Å². The highest BCUT2D eigenvalue weighted by molar-refractivity contribution is 9.11. The second kappa shape index (κ2) is 5.96. The lowest BCUT2D eigenvalue weighted by atomic mass is 10.2. The number of halogens is 2. The number of hydrogen-bond donors (Lipinski definition) is 2. The van der Waals surface area contributed by atoms with Crippen LogP contribution in [0.2, 0.25) is 5.02 Å². The van der Waals surface area contributed by atoms with Crippen molar-refractivity contribution in [3.8, 4) is 0 Å². The van der Waals surface area contributed by atoms with E-state index in [2.05, 4.69) is 20.7 Å². The minimum Gasteiger partial charge on any atom is -0.366 e. The summed E-state index contributed by atoms with van der Waals surface area (Å²) in [5.41, 5.74) is 5.53. The summed E-state index contributed by atoms with van der Waals surface area (Å²) in [6.07, 6.45) is 0. The van der Waals surface area contributed by atoms with Crippen LogP contribution < -0.4 is 10.5 Å². The van der Waals surface area contributed by atoms with Crippen LogP contribution in [0.25, 0.3) is 0 Å². The van der Waals surface area contributed by atoms with Crippen molar-refractivity contribution >= 4 is 60.5 Å². The predicted octanol–water partition coefficient (Wildman–Crippen LogP) is 3.37. The molecule has 0 atom stereocenters. The molecule has 0 aliphatic carbocycles. The fraction of sp³-hybridized carbons (Fsp3) is 0.0833. The van der Waals surface area contributed by atoms with Crippen LogP contribution in [0.4, 0.5) is 5.69 Å². The normalized spacial score (nSPS) is 11.4. The molecule has 1 heterocycles. The van der Waals surface area contributed by atoms with E-state index in [0.29, 0.717) is 4.88 Å². The maximum atomic E-state index is 12.3. The van der Waals surface area contributed by atoms with Crippen LogP contribution in [0.5, 0.6) is 0 Å². The van der Waals surface area contributed by atoms with Crippen LogP contribution in [0, 0.1) is 6.92 Å². The third-order valence-corrected chi connectivity index (χ3v) is 6.12. The molecule has 3 N–H and O–H groups in total. The highest BCUT2D eigenvalue weighted by Gasteiger charge is 2.20. The summed E-state index contributed by atoms with van der Waals surface area (Å²) < 4.78 is 27.8. The number of anilines is 1. The maximum absolute atomic E-state index is 12.3. The number of aryl methyl sites for hydroxylation is 1. The van der Waals surface area contributed by atoms with Gasteiger partial charge in [0.2, 0.25) is 5.91 Å². The Balaban J connectivity index is 2.35. The van der Waals surface area contributed by atoms with Crippen molar-refractivity contribution in [3.05, 3.63) is 43.5 Å². The van der Waals surface area contributed by atoms with Crippen molar-refractivity contribution in [2.45, 2.75) is 11.8 Å². The quantitative estimate of drug-likeness (QED) is 0.811. The molecule has 0 aliphatic rings. The van der Waals surface area contributed by atoms with Gasteiger partial charge in [-0.2, -0.15) is 0 Å². The monoisotopic (exact) mass is 408 g/mol. The zero-order valence-electron chi connectivity index (χ0n) is 10.7. The van der Waals surface area contributed by atoms with Gasteiger partial charge in [-0.1, -0.05) is 11.6 Å². The summed E-state index contributed by atoms with van der Waals surface area (Å²) in [4.78, 5) is 11.9. The first kappa shape index (κ1) is 16.3. The van der Waals surface area contributed by atoms with E-state index in [1.54, 1.807) is 6.92 Å². The van der Waals surface area contributed by atoms with E-state index in [4.69, 9.17) is 17.3 Å². The fourth-order valence-corrected chi connectivity index (χ4v) is 5.42. The molecule has 112 valence electrons. The molecule has 0 saturated carbocycles. The topological polar surface area (TPSA) is 89.3 Å². The highest BCUT2D eigenvalue weighted by Crippen LogP contribution is 2.31. The van der Waals surface area contributed by atoms with Crippen molar-refractivity contribution < 1.29 is 13.2 Å². The van der Waals surface area contributed by atoms with E-state index in [1.165, 1.54) is 35.6 Å². The molecule has 21 heavy (non-hydrogen) atoms. The molecule has 2 rings (SSSR count). The molecule has 0 saturated heterocycles. The molecule has 0 spiro atoms. The first-order valence-electron chi connectivity index (χ1n) is 5.59. The second-order valence-electron chi connectivity index (χ2n) is 4.14. The molecule has 0 radical (unpaired) electrons. The third kappa shape index (κ3) is 3.57.